The molecule has 0 atom stereocenters. The Hall–Kier alpha value is -1.37. The second-order valence-corrected chi connectivity index (χ2v) is 6.17. The number of piperidine rings is 1. The van der Waals surface area contributed by atoms with Gasteiger partial charge >= 0.3 is 0 Å². The van der Waals surface area contributed by atoms with Gasteiger partial charge in [0.15, 0.2) is 0 Å². The fraction of sp³-hybridized carbons (Fsp3) is 0.647. The number of hydrogen-bond donors (Lipinski definition) is 2. The van der Waals surface area contributed by atoms with Crippen LogP contribution in [0.25, 0.3) is 0 Å². The van der Waals surface area contributed by atoms with Crippen LogP contribution in [0.2, 0.25) is 0 Å². The number of carbonyl (C=O) groups excluding carboxylic acids is 1. The van der Waals surface area contributed by atoms with E-state index in [0.717, 1.165) is 57.6 Å². The van der Waals surface area contributed by atoms with Crippen molar-refractivity contribution in [3.8, 4) is 5.88 Å². The minimum absolute atomic E-state index is 0. The maximum Gasteiger partial charge on any atom is 0.223 e. The minimum Gasteiger partial charge on any atom is -0.474 e. The van der Waals surface area contributed by atoms with E-state index in [4.69, 9.17) is 9.47 Å². The van der Waals surface area contributed by atoms with E-state index in [1.54, 1.807) is 6.20 Å². The molecule has 3 rings (SSSR count). The van der Waals surface area contributed by atoms with Crippen LogP contribution < -0.4 is 15.4 Å². The van der Waals surface area contributed by atoms with Gasteiger partial charge in [0, 0.05) is 37.6 Å². The topological polar surface area (TPSA) is 72.5 Å². The first-order valence-corrected chi connectivity index (χ1v) is 8.49. The summed E-state index contributed by atoms with van der Waals surface area (Å²) in [6, 6.07) is 3.83. The van der Waals surface area contributed by atoms with E-state index in [0.29, 0.717) is 12.4 Å². The number of amides is 1. The molecule has 2 aliphatic heterocycles. The second-order valence-electron chi connectivity index (χ2n) is 6.17. The van der Waals surface area contributed by atoms with Crippen molar-refractivity contribution >= 4 is 18.3 Å². The Morgan fingerprint density at radius 3 is 2.79 bits per heavy atom. The van der Waals surface area contributed by atoms with Gasteiger partial charge in [-0.05, 0) is 37.6 Å². The summed E-state index contributed by atoms with van der Waals surface area (Å²) in [6.07, 6.45) is 5.55. The molecule has 2 aliphatic rings. The molecular weight excluding hydrogens is 330 g/mol. The number of carbonyl (C=O) groups is 1. The molecule has 1 aromatic rings. The standard InChI is InChI=1S/C17H25N3O3.ClH/c21-17(14-2-6-18-7-3-14)20-12-13-1-8-19-16(11-13)23-15-4-9-22-10-5-15;/h1,8,11,14-15,18H,2-7,9-10,12H2,(H,20,21);1H. The summed E-state index contributed by atoms with van der Waals surface area (Å²) in [6.45, 7) is 3.87. The van der Waals surface area contributed by atoms with Gasteiger partial charge in [-0.25, -0.2) is 4.98 Å². The summed E-state index contributed by atoms with van der Waals surface area (Å²) < 4.78 is 11.2. The SMILES string of the molecule is Cl.O=C(NCc1ccnc(OC2CCOCC2)c1)C1CCNCC1. The normalized spacial score (nSPS) is 19.3. The molecule has 7 heteroatoms. The quantitative estimate of drug-likeness (QED) is 0.840. The van der Waals surface area contributed by atoms with Gasteiger partial charge in [0.1, 0.15) is 6.10 Å². The van der Waals surface area contributed by atoms with Crippen LogP contribution in [0.15, 0.2) is 18.3 Å². The Balaban J connectivity index is 0.00000208. The van der Waals surface area contributed by atoms with Crippen LogP contribution in [0.4, 0.5) is 0 Å². The minimum atomic E-state index is 0. The van der Waals surface area contributed by atoms with Crippen LogP contribution in [0.1, 0.15) is 31.2 Å². The predicted molar refractivity (Wildman–Crippen MR) is 93.4 cm³/mol. The van der Waals surface area contributed by atoms with E-state index in [2.05, 4.69) is 15.6 Å². The average molecular weight is 356 g/mol. The Morgan fingerprint density at radius 2 is 2.04 bits per heavy atom. The molecule has 2 N–H and O–H groups in total. The molecule has 1 amide bonds. The van der Waals surface area contributed by atoms with Gasteiger partial charge in [-0.1, -0.05) is 0 Å². The number of rotatable bonds is 5. The van der Waals surface area contributed by atoms with Gasteiger partial charge in [0.2, 0.25) is 11.8 Å². The molecule has 0 bridgehead atoms. The Labute approximate surface area is 149 Å². The highest BCUT2D eigenvalue weighted by Crippen LogP contribution is 2.17. The lowest BCUT2D eigenvalue weighted by Crippen LogP contribution is -2.37. The van der Waals surface area contributed by atoms with Gasteiger partial charge in [0.25, 0.3) is 0 Å². The van der Waals surface area contributed by atoms with Crippen molar-refractivity contribution in [1.29, 1.82) is 0 Å². The van der Waals surface area contributed by atoms with Crippen LogP contribution in [-0.2, 0) is 16.1 Å². The predicted octanol–water partition coefficient (Wildman–Crippen LogP) is 1.68. The van der Waals surface area contributed by atoms with Crippen LogP contribution in [0.3, 0.4) is 0 Å². The van der Waals surface area contributed by atoms with Gasteiger partial charge in [-0.3, -0.25) is 4.79 Å². The highest BCUT2D eigenvalue weighted by molar-refractivity contribution is 5.85. The number of nitrogens with zero attached hydrogens (tertiary/aromatic N) is 1. The fourth-order valence-electron chi connectivity index (χ4n) is 3.01. The van der Waals surface area contributed by atoms with Gasteiger partial charge in [-0.2, -0.15) is 0 Å². The first-order valence-electron chi connectivity index (χ1n) is 8.49. The molecule has 0 aromatic carbocycles. The zero-order valence-electron chi connectivity index (χ0n) is 13.8. The lowest BCUT2D eigenvalue weighted by atomic mass is 9.97. The van der Waals surface area contributed by atoms with Crippen molar-refractivity contribution in [2.45, 2.75) is 38.3 Å². The fourth-order valence-corrected chi connectivity index (χ4v) is 3.01. The second kappa shape index (κ2) is 9.81. The molecular formula is C17H26ClN3O3. The monoisotopic (exact) mass is 355 g/mol. The largest absolute Gasteiger partial charge is 0.474 e. The Bertz CT molecular complexity index is 518. The van der Waals surface area contributed by atoms with Gasteiger partial charge in [-0.15, -0.1) is 12.4 Å². The lowest BCUT2D eigenvalue weighted by Gasteiger charge is -2.23. The summed E-state index contributed by atoms with van der Waals surface area (Å²) in [5, 5.41) is 6.31. The third-order valence-corrected chi connectivity index (χ3v) is 4.43. The van der Waals surface area contributed by atoms with Crippen LogP contribution >= 0.6 is 12.4 Å². The van der Waals surface area contributed by atoms with Crippen LogP contribution in [0, 0.1) is 5.92 Å². The van der Waals surface area contributed by atoms with Crippen LogP contribution in [-0.4, -0.2) is 43.3 Å². The van der Waals surface area contributed by atoms with Crippen LogP contribution in [0.5, 0.6) is 5.88 Å². The molecule has 3 heterocycles. The zero-order chi connectivity index (χ0) is 15.9. The average Bonchev–Trinajstić information content (AvgIpc) is 2.62. The van der Waals surface area contributed by atoms with E-state index < -0.39 is 0 Å². The van der Waals surface area contributed by atoms with Crippen molar-refractivity contribution in [2.24, 2.45) is 5.92 Å². The molecule has 134 valence electrons. The number of nitrogens with one attached hydrogen (secondary N) is 2. The van der Waals surface area contributed by atoms with E-state index >= 15 is 0 Å². The number of hydrogen-bond acceptors (Lipinski definition) is 5. The van der Waals surface area contributed by atoms with E-state index in [1.807, 2.05) is 12.1 Å². The Morgan fingerprint density at radius 1 is 1.29 bits per heavy atom. The Kier molecular flexibility index (Phi) is 7.75. The van der Waals surface area contributed by atoms with E-state index in [-0.39, 0.29) is 30.3 Å². The number of halogens is 1. The summed E-state index contributed by atoms with van der Waals surface area (Å²) >= 11 is 0. The number of ether oxygens (including phenoxy) is 2. The smallest absolute Gasteiger partial charge is 0.223 e. The van der Waals surface area contributed by atoms with E-state index in [9.17, 15) is 4.79 Å². The molecule has 1 aromatic heterocycles. The summed E-state index contributed by atoms with van der Waals surface area (Å²) in [7, 11) is 0. The first kappa shape index (κ1) is 19.0. The molecule has 0 aliphatic carbocycles. The molecule has 2 fully saturated rings. The molecule has 0 unspecified atom stereocenters. The summed E-state index contributed by atoms with van der Waals surface area (Å²) in [5.41, 5.74) is 1.02. The maximum absolute atomic E-state index is 12.2. The third-order valence-electron chi connectivity index (χ3n) is 4.43. The zero-order valence-corrected chi connectivity index (χ0v) is 14.6. The highest BCUT2D eigenvalue weighted by Gasteiger charge is 2.20. The maximum atomic E-state index is 12.2. The summed E-state index contributed by atoms with van der Waals surface area (Å²) in [4.78, 5) is 16.4. The van der Waals surface area contributed by atoms with Gasteiger partial charge < -0.3 is 20.1 Å². The van der Waals surface area contributed by atoms with Crippen molar-refractivity contribution in [1.82, 2.24) is 15.6 Å². The highest BCUT2D eigenvalue weighted by atomic mass is 35.5. The first-order chi connectivity index (χ1) is 11.3. The third kappa shape index (κ3) is 5.61. The molecule has 6 nitrogen and oxygen atoms in total. The van der Waals surface area contributed by atoms with Gasteiger partial charge in [0.05, 0.1) is 13.2 Å². The lowest BCUT2D eigenvalue weighted by molar-refractivity contribution is -0.125. The molecule has 0 saturated carbocycles. The van der Waals surface area contributed by atoms with Crippen molar-refractivity contribution < 1.29 is 14.3 Å². The molecule has 24 heavy (non-hydrogen) atoms. The van der Waals surface area contributed by atoms with Crippen molar-refractivity contribution in [2.75, 3.05) is 26.3 Å². The van der Waals surface area contributed by atoms with E-state index in [1.165, 1.54) is 0 Å². The molecule has 0 radical (unpaired) electrons. The number of pyridine rings is 1. The molecule has 0 spiro atoms. The summed E-state index contributed by atoms with van der Waals surface area (Å²) in [5.74, 6) is 0.914. The van der Waals surface area contributed by atoms with Crippen molar-refractivity contribution in [3.05, 3.63) is 23.9 Å². The number of aromatic nitrogens is 1. The molecule has 2 saturated heterocycles. The van der Waals surface area contributed by atoms with Crippen molar-refractivity contribution in [3.63, 3.8) is 0 Å².